The maximum atomic E-state index is 6.04. The highest BCUT2D eigenvalue weighted by Crippen LogP contribution is 2.25. The normalized spacial score (nSPS) is 25.7. The van der Waals surface area contributed by atoms with Crippen LogP contribution in [-0.4, -0.2) is 30.6 Å². The quantitative estimate of drug-likeness (QED) is 0.751. The monoisotopic (exact) mass is 254 g/mol. The summed E-state index contributed by atoms with van der Waals surface area (Å²) in [7, 11) is 0. The number of nitrogens with two attached hydrogens (primary N) is 1. The first-order chi connectivity index (χ1) is 8.72. The van der Waals surface area contributed by atoms with Crippen LogP contribution in [0.3, 0.4) is 0 Å². The molecule has 2 nitrogen and oxygen atoms in total. The van der Waals surface area contributed by atoms with Gasteiger partial charge in [0, 0.05) is 12.6 Å². The summed E-state index contributed by atoms with van der Waals surface area (Å²) in [6, 6.07) is 0.616. The van der Waals surface area contributed by atoms with Crippen LogP contribution in [0.2, 0.25) is 0 Å². The molecule has 1 heterocycles. The van der Waals surface area contributed by atoms with Gasteiger partial charge in [0.15, 0.2) is 0 Å². The van der Waals surface area contributed by atoms with Crippen LogP contribution >= 0.6 is 0 Å². The molecule has 0 radical (unpaired) electrons. The topological polar surface area (TPSA) is 29.3 Å². The van der Waals surface area contributed by atoms with Gasteiger partial charge in [-0.15, -0.1) is 0 Å². The maximum Gasteiger partial charge on any atom is 0.0243 e. The Balaban J connectivity index is 2.48. The Labute approximate surface area is 114 Å². The van der Waals surface area contributed by atoms with Gasteiger partial charge < -0.3 is 5.73 Å². The molecule has 0 bridgehead atoms. The summed E-state index contributed by atoms with van der Waals surface area (Å²) in [5.74, 6) is 1.72. The molecule has 0 spiro atoms. The van der Waals surface area contributed by atoms with E-state index in [1.54, 1.807) is 0 Å². The highest BCUT2D eigenvalue weighted by Gasteiger charge is 2.25. The standard InChI is InChI=1S/C16H34N2/c1-4-7-14(3)16(13-17)18-11-6-9-15(8-5-2)10-12-18/h14-16H,4-13,17H2,1-3H3. The van der Waals surface area contributed by atoms with Gasteiger partial charge in [0.1, 0.15) is 0 Å². The van der Waals surface area contributed by atoms with E-state index in [2.05, 4.69) is 25.7 Å². The van der Waals surface area contributed by atoms with E-state index in [9.17, 15) is 0 Å². The van der Waals surface area contributed by atoms with Crippen molar-refractivity contribution in [3.8, 4) is 0 Å². The van der Waals surface area contributed by atoms with E-state index in [0.717, 1.165) is 18.4 Å². The number of likely N-dealkylation sites (tertiary alicyclic amines) is 1. The molecule has 0 aromatic carbocycles. The third-order valence-corrected chi connectivity index (χ3v) is 4.69. The predicted octanol–water partition coefficient (Wildman–Crippen LogP) is 3.65. The lowest BCUT2D eigenvalue weighted by atomic mass is 9.94. The minimum Gasteiger partial charge on any atom is -0.329 e. The molecule has 2 heteroatoms. The largest absolute Gasteiger partial charge is 0.329 e. The molecule has 0 aromatic heterocycles. The second-order valence-corrected chi connectivity index (χ2v) is 6.19. The predicted molar refractivity (Wildman–Crippen MR) is 80.7 cm³/mol. The highest BCUT2D eigenvalue weighted by atomic mass is 15.2. The lowest BCUT2D eigenvalue weighted by Crippen LogP contribution is -2.45. The molecule has 2 N–H and O–H groups in total. The van der Waals surface area contributed by atoms with Crippen molar-refractivity contribution in [1.82, 2.24) is 4.90 Å². The first kappa shape index (κ1) is 16.0. The van der Waals surface area contributed by atoms with Crippen molar-refractivity contribution in [3.05, 3.63) is 0 Å². The summed E-state index contributed by atoms with van der Waals surface area (Å²) < 4.78 is 0. The van der Waals surface area contributed by atoms with Crippen LogP contribution in [0.25, 0.3) is 0 Å². The smallest absolute Gasteiger partial charge is 0.0243 e. The molecule has 1 aliphatic rings. The lowest BCUT2D eigenvalue weighted by Gasteiger charge is -2.34. The summed E-state index contributed by atoms with van der Waals surface area (Å²) in [5.41, 5.74) is 6.04. The Morgan fingerprint density at radius 3 is 2.56 bits per heavy atom. The van der Waals surface area contributed by atoms with Crippen molar-refractivity contribution in [2.75, 3.05) is 19.6 Å². The summed E-state index contributed by atoms with van der Waals surface area (Å²) in [4.78, 5) is 2.69. The van der Waals surface area contributed by atoms with Gasteiger partial charge in [0.05, 0.1) is 0 Å². The molecule has 0 aromatic rings. The van der Waals surface area contributed by atoms with Crippen LogP contribution < -0.4 is 5.73 Å². The van der Waals surface area contributed by atoms with Gasteiger partial charge in [0.2, 0.25) is 0 Å². The zero-order valence-electron chi connectivity index (χ0n) is 12.8. The molecule has 0 amide bonds. The maximum absolute atomic E-state index is 6.04. The summed E-state index contributed by atoms with van der Waals surface area (Å²) in [6.07, 6.45) is 9.57. The van der Waals surface area contributed by atoms with Gasteiger partial charge in [-0.3, -0.25) is 4.90 Å². The van der Waals surface area contributed by atoms with Gasteiger partial charge in [-0.25, -0.2) is 0 Å². The summed E-state index contributed by atoms with van der Waals surface area (Å²) >= 11 is 0. The fraction of sp³-hybridized carbons (Fsp3) is 1.00. The fourth-order valence-electron chi connectivity index (χ4n) is 3.61. The second-order valence-electron chi connectivity index (χ2n) is 6.19. The van der Waals surface area contributed by atoms with Crippen molar-refractivity contribution in [3.63, 3.8) is 0 Å². The molecule has 18 heavy (non-hydrogen) atoms. The van der Waals surface area contributed by atoms with E-state index in [1.807, 2.05) is 0 Å². The van der Waals surface area contributed by atoms with Crippen LogP contribution in [0, 0.1) is 11.8 Å². The molecule has 3 unspecified atom stereocenters. The van der Waals surface area contributed by atoms with Gasteiger partial charge in [-0.2, -0.15) is 0 Å². The highest BCUT2D eigenvalue weighted by molar-refractivity contribution is 4.81. The van der Waals surface area contributed by atoms with Crippen molar-refractivity contribution in [1.29, 1.82) is 0 Å². The molecule has 1 aliphatic heterocycles. The Bertz CT molecular complexity index is 205. The average Bonchev–Trinajstić information content (AvgIpc) is 2.57. The van der Waals surface area contributed by atoms with E-state index < -0.39 is 0 Å². The number of nitrogens with zero attached hydrogens (tertiary/aromatic N) is 1. The Morgan fingerprint density at radius 2 is 1.94 bits per heavy atom. The molecule has 1 fully saturated rings. The van der Waals surface area contributed by atoms with E-state index >= 15 is 0 Å². The number of rotatable bonds is 7. The van der Waals surface area contributed by atoms with Gasteiger partial charge >= 0.3 is 0 Å². The van der Waals surface area contributed by atoms with Crippen LogP contribution in [0.15, 0.2) is 0 Å². The van der Waals surface area contributed by atoms with Crippen molar-refractivity contribution in [2.24, 2.45) is 17.6 Å². The molecule has 0 saturated carbocycles. The molecule has 1 saturated heterocycles. The van der Waals surface area contributed by atoms with Gasteiger partial charge in [-0.1, -0.05) is 40.0 Å². The third-order valence-electron chi connectivity index (χ3n) is 4.69. The molecular formula is C16H34N2. The Morgan fingerprint density at radius 1 is 1.17 bits per heavy atom. The Kier molecular flexibility index (Phi) is 7.92. The van der Waals surface area contributed by atoms with Crippen LogP contribution in [0.1, 0.15) is 65.7 Å². The summed E-state index contributed by atoms with van der Waals surface area (Å²) in [6.45, 7) is 10.4. The van der Waals surface area contributed by atoms with Crippen LogP contribution in [0.4, 0.5) is 0 Å². The third kappa shape index (κ3) is 4.89. The van der Waals surface area contributed by atoms with Crippen molar-refractivity contribution >= 4 is 0 Å². The van der Waals surface area contributed by atoms with Crippen molar-refractivity contribution < 1.29 is 0 Å². The zero-order chi connectivity index (χ0) is 13.4. The molecule has 1 rings (SSSR count). The first-order valence-electron chi connectivity index (χ1n) is 8.17. The molecule has 0 aliphatic carbocycles. The number of hydrogen-bond acceptors (Lipinski definition) is 2. The minimum atomic E-state index is 0.616. The van der Waals surface area contributed by atoms with E-state index in [4.69, 9.17) is 5.73 Å². The average molecular weight is 254 g/mol. The fourth-order valence-corrected chi connectivity index (χ4v) is 3.61. The van der Waals surface area contributed by atoms with Crippen LogP contribution in [0.5, 0.6) is 0 Å². The minimum absolute atomic E-state index is 0.616. The second kappa shape index (κ2) is 8.92. The molecule has 3 atom stereocenters. The van der Waals surface area contributed by atoms with E-state index in [1.165, 1.54) is 58.0 Å². The van der Waals surface area contributed by atoms with Gasteiger partial charge in [-0.05, 0) is 50.6 Å². The molecule has 108 valence electrons. The van der Waals surface area contributed by atoms with Gasteiger partial charge in [0.25, 0.3) is 0 Å². The van der Waals surface area contributed by atoms with E-state index in [-0.39, 0.29) is 0 Å². The summed E-state index contributed by atoms with van der Waals surface area (Å²) in [5, 5.41) is 0. The number of hydrogen-bond donors (Lipinski definition) is 1. The van der Waals surface area contributed by atoms with E-state index in [0.29, 0.717) is 6.04 Å². The SMILES string of the molecule is CCCC1CCCN(C(CN)C(C)CCC)CC1. The molecular weight excluding hydrogens is 220 g/mol. The van der Waals surface area contributed by atoms with Crippen molar-refractivity contribution in [2.45, 2.75) is 71.8 Å². The van der Waals surface area contributed by atoms with Crippen LogP contribution in [-0.2, 0) is 0 Å². The Hall–Kier alpha value is -0.0800. The zero-order valence-corrected chi connectivity index (χ0v) is 12.8. The first-order valence-corrected chi connectivity index (χ1v) is 8.17. The lowest BCUT2D eigenvalue weighted by molar-refractivity contribution is 0.150.